The van der Waals surface area contributed by atoms with Crippen molar-refractivity contribution in [3.05, 3.63) is 34.3 Å². The first-order chi connectivity index (χ1) is 9.06. The summed E-state index contributed by atoms with van der Waals surface area (Å²) >= 11 is 3.36. The summed E-state index contributed by atoms with van der Waals surface area (Å²) in [5.74, 6) is -0.507. The number of hydrogen-bond acceptors (Lipinski definition) is 3. The molecule has 1 aromatic carbocycles. The largest absolute Gasteiger partial charge is 0.455 e. The summed E-state index contributed by atoms with van der Waals surface area (Å²) in [6.07, 6.45) is 1.77. The van der Waals surface area contributed by atoms with Crippen molar-refractivity contribution in [2.45, 2.75) is 25.8 Å². The molecule has 1 amide bonds. The smallest absolute Gasteiger partial charge is 0.309 e. The molecule has 1 saturated carbocycles. The van der Waals surface area contributed by atoms with Crippen molar-refractivity contribution in [2.75, 3.05) is 6.61 Å². The molecule has 1 atom stereocenters. The Morgan fingerprint density at radius 1 is 1.37 bits per heavy atom. The maximum atomic E-state index is 11.6. The second kappa shape index (κ2) is 6.19. The highest BCUT2D eigenvalue weighted by atomic mass is 79.9. The first-order valence-corrected chi connectivity index (χ1v) is 7.07. The lowest BCUT2D eigenvalue weighted by molar-refractivity contribution is -0.150. The number of ether oxygens (including phenoxy) is 1. The van der Waals surface area contributed by atoms with Crippen LogP contribution in [0.15, 0.2) is 28.7 Å². The van der Waals surface area contributed by atoms with Crippen molar-refractivity contribution in [2.24, 2.45) is 5.92 Å². The van der Waals surface area contributed by atoms with Crippen molar-refractivity contribution >= 4 is 27.8 Å². The van der Waals surface area contributed by atoms with Crippen LogP contribution in [0.25, 0.3) is 0 Å². The summed E-state index contributed by atoms with van der Waals surface area (Å²) in [5, 5.41) is 2.80. The summed E-state index contributed by atoms with van der Waals surface area (Å²) in [6.45, 7) is 1.69. The molecule has 102 valence electrons. The predicted molar refractivity (Wildman–Crippen MR) is 74.4 cm³/mol. The number of esters is 1. The molecular formula is C14H16BrNO3. The Morgan fingerprint density at radius 2 is 2.00 bits per heavy atom. The van der Waals surface area contributed by atoms with E-state index in [0.29, 0.717) is 0 Å². The van der Waals surface area contributed by atoms with Crippen LogP contribution in [-0.4, -0.2) is 18.5 Å². The third kappa shape index (κ3) is 4.35. The van der Waals surface area contributed by atoms with Gasteiger partial charge in [0, 0.05) is 4.47 Å². The Hall–Kier alpha value is -1.36. The predicted octanol–water partition coefficient (Wildman–Crippen LogP) is 2.58. The van der Waals surface area contributed by atoms with Gasteiger partial charge in [0.25, 0.3) is 5.91 Å². The average molecular weight is 326 g/mol. The van der Waals surface area contributed by atoms with E-state index in [1.165, 1.54) is 0 Å². The molecule has 5 heteroatoms. The molecule has 1 N–H and O–H groups in total. The Kier molecular flexibility index (Phi) is 4.58. The highest BCUT2D eigenvalue weighted by Gasteiger charge is 2.31. The molecule has 0 aromatic heterocycles. The van der Waals surface area contributed by atoms with Crippen LogP contribution in [-0.2, 0) is 14.3 Å². The first-order valence-electron chi connectivity index (χ1n) is 6.27. The van der Waals surface area contributed by atoms with Gasteiger partial charge < -0.3 is 10.1 Å². The number of rotatable bonds is 5. The van der Waals surface area contributed by atoms with Gasteiger partial charge in [-0.1, -0.05) is 28.1 Å². The average Bonchev–Trinajstić information content (AvgIpc) is 3.21. The quantitative estimate of drug-likeness (QED) is 0.846. The van der Waals surface area contributed by atoms with E-state index in [4.69, 9.17) is 4.74 Å². The van der Waals surface area contributed by atoms with Gasteiger partial charge in [-0.2, -0.15) is 0 Å². The Bertz CT molecular complexity index is 468. The van der Waals surface area contributed by atoms with Crippen LogP contribution in [0.3, 0.4) is 0 Å². The topological polar surface area (TPSA) is 55.4 Å². The van der Waals surface area contributed by atoms with E-state index in [9.17, 15) is 9.59 Å². The summed E-state index contributed by atoms with van der Waals surface area (Å²) in [5.41, 5.74) is 1.00. The second-order valence-corrected chi connectivity index (χ2v) is 5.64. The SMILES string of the molecule is C[C@H](NC(=O)COC(=O)C1CC1)c1ccc(Br)cc1. The number of carbonyl (C=O) groups is 2. The molecule has 0 saturated heterocycles. The molecule has 2 rings (SSSR count). The number of amides is 1. The van der Waals surface area contributed by atoms with Gasteiger partial charge in [0.05, 0.1) is 12.0 Å². The van der Waals surface area contributed by atoms with Crippen LogP contribution in [0, 0.1) is 5.92 Å². The van der Waals surface area contributed by atoms with E-state index < -0.39 is 0 Å². The van der Waals surface area contributed by atoms with Gasteiger partial charge in [-0.25, -0.2) is 0 Å². The molecule has 0 aliphatic heterocycles. The fourth-order valence-electron chi connectivity index (χ4n) is 1.69. The van der Waals surface area contributed by atoms with Crippen molar-refractivity contribution in [1.82, 2.24) is 5.32 Å². The maximum absolute atomic E-state index is 11.6. The zero-order chi connectivity index (χ0) is 13.8. The zero-order valence-corrected chi connectivity index (χ0v) is 12.3. The lowest BCUT2D eigenvalue weighted by Gasteiger charge is -2.14. The maximum Gasteiger partial charge on any atom is 0.309 e. The number of carbonyl (C=O) groups excluding carboxylic acids is 2. The summed E-state index contributed by atoms with van der Waals surface area (Å²) in [4.78, 5) is 22.9. The van der Waals surface area contributed by atoms with Gasteiger partial charge in [0.1, 0.15) is 0 Å². The molecule has 1 aliphatic rings. The first kappa shape index (κ1) is 14.1. The van der Waals surface area contributed by atoms with E-state index in [0.717, 1.165) is 22.9 Å². The molecule has 1 fully saturated rings. The van der Waals surface area contributed by atoms with Crippen molar-refractivity contribution in [3.63, 3.8) is 0 Å². The van der Waals surface area contributed by atoms with Gasteiger partial charge in [-0.15, -0.1) is 0 Å². The molecule has 0 radical (unpaired) electrons. The van der Waals surface area contributed by atoms with E-state index >= 15 is 0 Å². The van der Waals surface area contributed by atoms with Crippen LogP contribution < -0.4 is 5.32 Å². The Balaban J connectivity index is 1.77. The Morgan fingerprint density at radius 3 is 2.58 bits per heavy atom. The van der Waals surface area contributed by atoms with Crippen LogP contribution in [0.1, 0.15) is 31.4 Å². The minimum Gasteiger partial charge on any atom is -0.455 e. The van der Waals surface area contributed by atoms with E-state index in [1.807, 2.05) is 31.2 Å². The lowest BCUT2D eigenvalue weighted by Crippen LogP contribution is -2.31. The minimum atomic E-state index is -0.274. The zero-order valence-electron chi connectivity index (χ0n) is 10.7. The fourth-order valence-corrected chi connectivity index (χ4v) is 1.96. The standard InChI is InChI=1S/C14H16BrNO3/c1-9(10-4-6-12(15)7-5-10)16-13(17)8-19-14(18)11-2-3-11/h4-7,9,11H,2-3,8H2,1H3,(H,16,17)/t9-/m0/s1. The van der Waals surface area contributed by atoms with Crippen LogP contribution in [0.2, 0.25) is 0 Å². The van der Waals surface area contributed by atoms with Crippen molar-refractivity contribution in [1.29, 1.82) is 0 Å². The second-order valence-electron chi connectivity index (χ2n) is 4.72. The Labute approximate surface area is 120 Å². The monoisotopic (exact) mass is 325 g/mol. The normalized spacial score (nSPS) is 15.7. The van der Waals surface area contributed by atoms with Crippen LogP contribution in [0.5, 0.6) is 0 Å². The van der Waals surface area contributed by atoms with Gasteiger partial charge in [0.2, 0.25) is 0 Å². The molecule has 19 heavy (non-hydrogen) atoms. The molecular weight excluding hydrogens is 310 g/mol. The summed E-state index contributed by atoms with van der Waals surface area (Å²) in [6, 6.07) is 7.60. The van der Waals surface area contributed by atoms with Gasteiger partial charge in [-0.05, 0) is 37.5 Å². The molecule has 1 aliphatic carbocycles. The highest BCUT2D eigenvalue weighted by Crippen LogP contribution is 2.29. The van der Waals surface area contributed by atoms with Crippen molar-refractivity contribution in [3.8, 4) is 0 Å². The van der Waals surface area contributed by atoms with Gasteiger partial charge in [-0.3, -0.25) is 9.59 Å². The summed E-state index contributed by atoms with van der Waals surface area (Å²) in [7, 11) is 0. The number of benzene rings is 1. The fraction of sp³-hybridized carbons (Fsp3) is 0.429. The number of nitrogens with one attached hydrogen (secondary N) is 1. The van der Waals surface area contributed by atoms with Gasteiger partial charge >= 0.3 is 5.97 Å². The molecule has 0 bridgehead atoms. The lowest BCUT2D eigenvalue weighted by atomic mass is 10.1. The number of halogens is 1. The minimum absolute atomic E-state index is 0.0247. The van der Waals surface area contributed by atoms with E-state index in [2.05, 4.69) is 21.2 Å². The van der Waals surface area contributed by atoms with Crippen LogP contribution in [0.4, 0.5) is 0 Å². The van der Waals surface area contributed by atoms with E-state index in [-0.39, 0.29) is 30.4 Å². The third-order valence-electron chi connectivity index (χ3n) is 3.00. The van der Waals surface area contributed by atoms with Crippen molar-refractivity contribution < 1.29 is 14.3 Å². The third-order valence-corrected chi connectivity index (χ3v) is 3.53. The molecule has 0 unspecified atom stereocenters. The molecule has 1 aromatic rings. The molecule has 0 heterocycles. The molecule has 4 nitrogen and oxygen atoms in total. The van der Waals surface area contributed by atoms with Crippen LogP contribution >= 0.6 is 15.9 Å². The number of hydrogen-bond donors (Lipinski definition) is 1. The van der Waals surface area contributed by atoms with Gasteiger partial charge in [0.15, 0.2) is 6.61 Å². The highest BCUT2D eigenvalue weighted by molar-refractivity contribution is 9.10. The summed E-state index contributed by atoms with van der Waals surface area (Å²) < 4.78 is 5.92. The molecule has 0 spiro atoms. The van der Waals surface area contributed by atoms with E-state index in [1.54, 1.807) is 0 Å².